The minimum absolute atomic E-state index is 0.240. The van der Waals surface area contributed by atoms with E-state index in [-0.39, 0.29) is 15.6 Å². The quantitative estimate of drug-likeness (QED) is 0.925. The van der Waals surface area contributed by atoms with Crippen LogP contribution in [0.1, 0.15) is 15.9 Å². The number of nitrogens with zero attached hydrogens (tertiary/aromatic N) is 1. The molecule has 4 nitrogen and oxygen atoms in total. The molecule has 0 heterocycles. The SMILES string of the molecule is COc1c(Cl)cc(C(=O)Nc2ccccc2C#N)cc1Cl. The molecule has 0 unspecified atom stereocenters. The van der Waals surface area contributed by atoms with Crippen molar-refractivity contribution in [3.05, 3.63) is 57.6 Å². The van der Waals surface area contributed by atoms with Gasteiger partial charge in [-0.15, -0.1) is 0 Å². The van der Waals surface area contributed by atoms with Crippen LogP contribution >= 0.6 is 23.2 Å². The van der Waals surface area contributed by atoms with Crippen molar-refractivity contribution in [1.82, 2.24) is 0 Å². The second kappa shape index (κ2) is 6.49. The normalized spacial score (nSPS) is 9.81. The first-order valence-electron chi connectivity index (χ1n) is 5.90. The Morgan fingerprint density at radius 1 is 1.24 bits per heavy atom. The van der Waals surface area contributed by atoms with Crippen LogP contribution < -0.4 is 10.1 Å². The highest BCUT2D eigenvalue weighted by molar-refractivity contribution is 6.37. The lowest BCUT2D eigenvalue weighted by atomic mass is 10.1. The molecule has 2 rings (SSSR count). The molecule has 0 aliphatic rings. The van der Waals surface area contributed by atoms with Gasteiger partial charge in [0, 0.05) is 5.56 Å². The van der Waals surface area contributed by atoms with Crippen molar-refractivity contribution in [3.8, 4) is 11.8 Å². The topological polar surface area (TPSA) is 62.1 Å². The molecule has 0 fully saturated rings. The maximum absolute atomic E-state index is 12.2. The van der Waals surface area contributed by atoms with Gasteiger partial charge in [-0.3, -0.25) is 4.79 Å². The Morgan fingerprint density at radius 2 is 1.86 bits per heavy atom. The highest BCUT2D eigenvalue weighted by atomic mass is 35.5. The highest BCUT2D eigenvalue weighted by Gasteiger charge is 2.14. The smallest absolute Gasteiger partial charge is 0.255 e. The van der Waals surface area contributed by atoms with Gasteiger partial charge in [-0.05, 0) is 24.3 Å². The summed E-state index contributed by atoms with van der Waals surface area (Å²) < 4.78 is 5.03. The van der Waals surface area contributed by atoms with Gasteiger partial charge in [0.2, 0.25) is 0 Å². The summed E-state index contributed by atoms with van der Waals surface area (Å²) in [6.45, 7) is 0. The number of rotatable bonds is 3. The van der Waals surface area contributed by atoms with Crippen molar-refractivity contribution >= 4 is 34.8 Å². The third-order valence-electron chi connectivity index (χ3n) is 2.76. The molecule has 0 aromatic heterocycles. The van der Waals surface area contributed by atoms with Crippen LogP contribution in [0, 0.1) is 11.3 Å². The lowest BCUT2D eigenvalue weighted by Gasteiger charge is -2.10. The molecule has 0 bridgehead atoms. The molecule has 106 valence electrons. The molecule has 0 radical (unpaired) electrons. The molecule has 1 N–H and O–H groups in total. The summed E-state index contributed by atoms with van der Waals surface area (Å²) in [7, 11) is 1.44. The molecule has 21 heavy (non-hydrogen) atoms. The third kappa shape index (κ3) is 3.27. The number of amides is 1. The zero-order valence-electron chi connectivity index (χ0n) is 11.0. The summed E-state index contributed by atoms with van der Waals surface area (Å²) in [5, 5.41) is 12.1. The summed E-state index contributed by atoms with van der Waals surface area (Å²) in [6.07, 6.45) is 0. The number of nitrogens with one attached hydrogen (secondary N) is 1. The first-order valence-corrected chi connectivity index (χ1v) is 6.66. The summed E-state index contributed by atoms with van der Waals surface area (Å²) in [4.78, 5) is 12.2. The van der Waals surface area contributed by atoms with E-state index in [0.717, 1.165) is 0 Å². The van der Waals surface area contributed by atoms with Gasteiger partial charge in [0.1, 0.15) is 6.07 Å². The lowest BCUT2D eigenvalue weighted by molar-refractivity contribution is 0.102. The Balaban J connectivity index is 2.31. The fraction of sp³-hybridized carbons (Fsp3) is 0.0667. The van der Waals surface area contributed by atoms with E-state index in [1.807, 2.05) is 6.07 Å². The van der Waals surface area contributed by atoms with Crippen LogP contribution in [0.15, 0.2) is 36.4 Å². The van der Waals surface area contributed by atoms with Gasteiger partial charge in [0.25, 0.3) is 5.91 Å². The Labute approximate surface area is 131 Å². The number of methoxy groups -OCH3 is 1. The van der Waals surface area contributed by atoms with E-state index in [0.29, 0.717) is 17.0 Å². The monoisotopic (exact) mass is 320 g/mol. The van der Waals surface area contributed by atoms with Gasteiger partial charge < -0.3 is 10.1 Å². The molecule has 2 aromatic rings. The molecule has 0 saturated carbocycles. The van der Waals surface area contributed by atoms with Gasteiger partial charge in [0.15, 0.2) is 5.75 Å². The Kier molecular flexibility index (Phi) is 4.69. The average molecular weight is 321 g/mol. The van der Waals surface area contributed by atoms with Crippen LogP contribution in [0.3, 0.4) is 0 Å². The average Bonchev–Trinajstić information content (AvgIpc) is 2.47. The molecule has 6 heteroatoms. The van der Waals surface area contributed by atoms with Crippen molar-refractivity contribution in [2.75, 3.05) is 12.4 Å². The number of anilines is 1. The predicted molar refractivity (Wildman–Crippen MR) is 82.1 cm³/mol. The summed E-state index contributed by atoms with van der Waals surface area (Å²) >= 11 is 12.0. The zero-order chi connectivity index (χ0) is 15.4. The Morgan fingerprint density at radius 3 is 2.43 bits per heavy atom. The van der Waals surface area contributed by atoms with E-state index in [1.165, 1.54) is 19.2 Å². The number of hydrogen-bond acceptors (Lipinski definition) is 3. The summed E-state index contributed by atoms with van der Waals surface area (Å²) in [6, 6.07) is 11.6. The van der Waals surface area contributed by atoms with Crippen molar-refractivity contribution in [2.45, 2.75) is 0 Å². The van der Waals surface area contributed by atoms with Gasteiger partial charge >= 0.3 is 0 Å². The maximum atomic E-state index is 12.2. The van der Waals surface area contributed by atoms with E-state index in [1.54, 1.807) is 24.3 Å². The second-order valence-electron chi connectivity index (χ2n) is 4.08. The van der Waals surface area contributed by atoms with E-state index < -0.39 is 5.91 Å². The first-order chi connectivity index (χ1) is 10.1. The zero-order valence-corrected chi connectivity index (χ0v) is 12.5. The number of halogens is 2. The van der Waals surface area contributed by atoms with Crippen molar-refractivity contribution < 1.29 is 9.53 Å². The first kappa shape index (κ1) is 15.2. The van der Waals surface area contributed by atoms with Crippen LogP contribution in [-0.2, 0) is 0 Å². The van der Waals surface area contributed by atoms with Crippen LogP contribution in [0.4, 0.5) is 5.69 Å². The standard InChI is InChI=1S/C15H10Cl2N2O2/c1-21-14-11(16)6-10(7-12(14)17)15(20)19-13-5-3-2-4-9(13)8-18/h2-7H,1H3,(H,19,20). The number of para-hydroxylation sites is 1. The fourth-order valence-electron chi connectivity index (χ4n) is 1.77. The lowest BCUT2D eigenvalue weighted by Crippen LogP contribution is -2.13. The summed E-state index contributed by atoms with van der Waals surface area (Å²) in [5.41, 5.74) is 1.07. The molecule has 0 saturated heterocycles. The number of carbonyl (C=O) groups excluding carboxylic acids is 1. The van der Waals surface area contributed by atoms with E-state index in [4.69, 9.17) is 33.2 Å². The molecular weight excluding hydrogens is 311 g/mol. The van der Waals surface area contributed by atoms with Crippen LogP contribution in [0.25, 0.3) is 0 Å². The molecule has 0 aliphatic carbocycles. The van der Waals surface area contributed by atoms with Gasteiger partial charge in [-0.25, -0.2) is 0 Å². The van der Waals surface area contributed by atoms with Crippen molar-refractivity contribution in [1.29, 1.82) is 5.26 Å². The van der Waals surface area contributed by atoms with Gasteiger partial charge in [0.05, 0.1) is 28.4 Å². The van der Waals surface area contributed by atoms with E-state index in [9.17, 15) is 4.79 Å². The molecule has 0 atom stereocenters. The minimum atomic E-state index is -0.413. The summed E-state index contributed by atoms with van der Waals surface area (Å²) in [5.74, 6) is -0.100. The molecule has 0 aliphatic heterocycles. The fourth-order valence-corrected chi connectivity index (χ4v) is 2.41. The minimum Gasteiger partial charge on any atom is -0.494 e. The maximum Gasteiger partial charge on any atom is 0.255 e. The number of ether oxygens (including phenoxy) is 1. The predicted octanol–water partition coefficient (Wildman–Crippen LogP) is 4.13. The van der Waals surface area contributed by atoms with E-state index >= 15 is 0 Å². The van der Waals surface area contributed by atoms with Gasteiger partial charge in [-0.2, -0.15) is 5.26 Å². The largest absolute Gasteiger partial charge is 0.494 e. The third-order valence-corrected chi connectivity index (χ3v) is 3.32. The van der Waals surface area contributed by atoms with Crippen LogP contribution in [0.2, 0.25) is 10.0 Å². The Hall–Kier alpha value is -2.22. The number of nitriles is 1. The number of hydrogen-bond donors (Lipinski definition) is 1. The number of benzene rings is 2. The molecule has 1 amide bonds. The van der Waals surface area contributed by atoms with E-state index in [2.05, 4.69) is 5.32 Å². The van der Waals surface area contributed by atoms with Crippen molar-refractivity contribution in [2.24, 2.45) is 0 Å². The molecule has 2 aromatic carbocycles. The number of carbonyl (C=O) groups is 1. The second-order valence-corrected chi connectivity index (χ2v) is 4.90. The van der Waals surface area contributed by atoms with Crippen LogP contribution in [-0.4, -0.2) is 13.0 Å². The Bertz CT molecular complexity index is 716. The van der Waals surface area contributed by atoms with Crippen LogP contribution in [0.5, 0.6) is 5.75 Å². The molecule has 0 spiro atoms. The van der Waals surface area contributed by atoms with Gasteiger partial charge in [-0.1, -0.05) is 35.3 Å². The van der Waals surface area contributed by atoms with Crippen molar-refractivity contribution in [3.63, 3.8) is 0 Å². The molecular formula is C15H10Cl2N2O2. The highest BCUT2D eigenvalue weighted by Crippen LogP contribution is 2.34.